The molecule has 0 saturated carbocycles. The predicted octanol–water partition coefficient (Wildman–Crippen LogP) is 3.47. The maximum atomic E-state index is 11.8. The lowest BCUT2D eigenvalue weighted by atomic mass is 10.2. The fraction of sp³-hybridized carbons (Fsp3) is 0.125. The third-order valence-corrected chi connectivity index (χ3v) is 1.95. The Bertz CT molecular complexity index is 366. The van der Waals surface area contributed by atoms with Gasteiger partial charge in [0.25, 0.3) is 0 Å². The van der Waals surface area contributed by atoms with Gasteiger partial charge in [0.1, 0.15) is 11.8 Å². The van der Waals surface area contributed by atoms with E-state index in [1.54, 1.807) is 6.07 Å². The largest absolute Gasteiger partial charge is 0.435 e. The quantitative estimate of drug-likeness (QED) is 0.790. The fourth-order valence-electron chi connectivity index (χ4n) is 0.828. The molecule has 1 aromatic rings. The highest BCUT2D eigenvalue weighted by molar-refractivity contribution is 6.36. The first-order chi connectivity index (χ1) is 6.54. The highest BCUT2D eigenvalue weighted by atomic mass is 35.5. The molecule has 0 atom stereocenters. The first-order valence-corrected chi connectivity index (χ1v) is 4.14. The Morgan fingerprint density at radius 3 is 2.14 bits per heavy atom. The summed E-state index contributed by atoms with van der Waals surface area (Å²) in [5.41, 5.74) is 0.0370. The van der Waals surface area contributed by atoms with Crippen LogP contribution in [0.15, 0.2) is 12.1 Å². The maximum Gasteiger partial charge on any atom is 0.387 e. The highest BCUT2D eigenvalue weighted by Crippen LogP contribution is 2.30. The zero-order valence-corrected chi connectivity index (χ0v) is 8.11. The van der Waals surface area contributed by atoms with Gasteiger partial charge in [0.2, 0.25) is 0 Å². The van der Waals surface area contributed by atoms with Crippen LogP contribution in [0.4, 0.5) is 8.78 Å². The second-order valence-corrected chi connectivity index (χ2v) is 3.07. The number of rotatable bonds is 2. The van der Waals surface area contributed by atoms with Crippen LogP contribution in [-0.4, -0.2) is 6.61 Å². The number of hydrogen-bond acceptors (Lipinski definition) is 2. The summed E-state index contributed by atoms with van der Waals surface area (Å²) in [5.74, 6) is -0.172. The van der Waals surface area contributed by atoms with Crippen LogP contribution in [0.3, 0.4) is 0 Å². The third-order valence-electron chi connectivity index (χ3n) is 1.35. The van der Waals surface area contributed by atoms with E-state index in [1.165, 1.54) is 0 Å². The molecular formula is C8H3Cl2F2NO. The number of hydrogen-bond donors (Lipinski definition) is 0. The van der Waals surface area contributed by atoms with E-state index >= 15 is 0 Å². The van der Waals surface area contributed by atoms with Gasteiger partial charge in [0.15, 0.2) is 0 Å². The van der Waals surface area contributed by atoms with Crippen LogP contribution in [0.5, 0.6) is 5.75 Å². The van der Waals surface area contributed by atoms with Crippen LogP contribution in [0.25, 0.3) is 0 Å². The molecule has 2 nitrogen and oxygen atoms in total. The molecule has 0 amide bonds. The van der Waals surface area contributed by atoms with Gasteiger partial charge in [-0.25, -0.2) is 0 Å². The van der Waals surface area contributed by atoms with Gasteiger partial charge in [0.05, 0.1) is 15.6 Å². The van der Waals surface area contributed by atoms with Crippen molar-refractivity contribution < 1.29 is 13.5 Å². The summed E-state index contributed by atoms with van der Waals surface area (Å²) in [7, 11) is 0. The molecule has 0 bridgehead atoms. The Hall–Kier alpha value is -1.05. The monoisotopic (exact) mass is 237 g/mol. The smallest absolute Gasteiger partial charge is 0.387 e. The second kappa shape index (κ2) is 4.45. The molecule has 0 aliphatic rings. The van der Waals surface area contributed by atoms with Crippen molar-refractivity contribution in [2.24, 2.45) is 0 Å². The van der Waals surface area contributed by atoms with Crippen LogP contribution in [0, 0.1) is 11.3 Å². The lowest BCUT2D eigenvalue weighted by Gasteiger charge is -2.06. The van der Waals surface area contributed by atoms with Gasteiger partial charge in [-0.3, -0.25) is 0 Å². The van der Waals surface area contributed by atoms with E-state index in [-0.39, 0.29) is 21.4 Å². The molecule has 0 saturated heterocycles. The molecule has 14 heavy (non-hydrogen) atoms. The van der Waals surface area contributed by atoms with E-state index in [9.17, 15) is 8.78 Å². The maximum absolute atomic E-state index is 11.8. The first-order valence-electron chi connectivity index (χ1n) is 3.38. The minimum atomic E-state index is -2.95. The van der Waals surface area contributed by atoms with Crippen molar-refractivity contribution in [3.63, 3.8) is 0 Å². The fourth-order valence-corrected chi connectivity index (χ4v) is 1.38. The Balaban J connectivity index is 3.09. The summed E-state index contributed by atoms with van der Waals surface area (Å²) in [6, 6.07) is 3.96. The normalized spacial score (nSPS) is 10.0. The van der Waals surface area contributed by atoms with Gasteiger partial charge in [0, 0.05) is 12.1 Å². The molecule has 6 heteroatoms. The number of alkyl halides is 2. The zero-order valence-electron chi connectivity index (χ0n) is 6.60. The number of benzene rings is 1. The van der Waals surface area contributed by atoms with Crippen molar-refractivity contribution >= 4 is 23.2 Å². The zero-order chi connectivity index (χ0) is 10.7. The molecule has 0 unspecified atom stereocenters. The van der Waals surface area contributed by atoms with Crippen molar-refractivity contribution in [2.75, 3.05) is 0 Å². The SMILES string of the molecule is N#Cc1c(Cl)cc(OC(F)F)cc1Cl. The Labute approximate surface area is 88.6 Å². The minimum Gasteiger partial charge on any atom is -0.435 e. The standard InChI is InChI=1S/C8H3Cl2F2NO/c9-6-1-4(14-8(11)12)2-7(10)5(6)3-13/h1-2,8H. The molecule has 1 aromatic carbocycles. The van der Waals surface area contributed by atoms with E-state index in [0.717, 1.165) is 12.1 Å². The van der Waals surface area contributed by atoms with Gasteiger partial charge >= 0.3 is 6.61 Å². The van der Waals surface area contributed by atoms with Crippen molar-refractivity contribution in [1.29, 1.82) is 5.26 Å². The Morgan fingerprint density at radius 1 is 1.29 bits per heavy atom. The van der Waals surface area contributed by atoms with Crippen LogP contribution in [0.2, 0.25) is 10.0 Å². The second-order valence-electron chi connectivity index (χ2n) is 2.25. The van der Waals surface area contributed by atoms with E-state index in [4.69, 9.17) is 28.5 Å². The molecule has 0 radical (unpaired) electrons. The highest BCUT2D eigenvalue weighted by Gasteiger charge is 2.11. The molecule has 0 aromatic heterocycles. The lowest BCUT2D eigenvalue weighted by Crippen LogP contribution is -2.02. The molecule has 0 N–H and O–H groups in total. The summed E-state index contributed by atoms with van der Waals surface area (Å²) < 4.78 is 27.6. The number of ether oxygens (including phenoxy) is 1. The van der Waals surface area contributed by atoms with Crippen LogP contribution in [-0.2, 0) is 0 Å². The Kier molecular flexibility index (Phi) is 3.50. The molecule has 1 rings (SSSR count). The molecule has 0 aliphatic carbocycles. The number of nitriles is 1. The summed E-state index contributed by atoms with van der Waals surface area (Å²) in [5, 5.41) is 8.53. The topological polar surface area (TPSA) is 33.0 Å². The molecule has 74 valence electrons. The predicted molar refractivity (Wildman–Crippen MR) is 47.8 cm³/mol. The van der Waals surface area contributed by atoms with Gasteiger partial charge in [-0.2, -0.15) is 14.0 Å². The summed E-state index contributed by atoms with van der Waals surface area (Å²) in [6.45, 7) is -2.95. The molecule has 0 heterocycles. The average Bonchev–Trinajstić information content (AvgIpc) is 2.01. The Morgan fingerprint density at radius 2 is 1.79 bits per heavy atom. The van der Waals surface area contributed by atoms with Crippen molar-refractivity contribution in [3.8, 4) is 11.8 Å². The number of nitrogens with zero attached hydrogens (tertiary/aromatic N) is 1. The summed E-state index contributed by atoms with van der Waals surface area (Å²) >= 11 is 11.2. The van der Waals surface area contributed by atoms with Crippen molar-refractivity contribution in [3.05, 3.63) is 27.7 Å². The number of halogens is 4. The van der Waals surface area contributed by atoms with E-state index in [0.29, 0.717) is 0 Å². The van der Waals surface area contributed by atoms with Crippen LogP contribution < -0.4 is 4.74 Å². The van der Waals surface area contributed by atoms with E-state index in [1.807, 2.05) is 0 Å². The van der Waals surface area contributed by atoms with Crippen molar-refractivity contribution in [1.82, 2.24) is 0 Å². The summed E-state index contributed by atoms with van der Waals surface area (Å²) in [4.78, 5) is 0. The third kappa shape index (κ3) is 2.47. The minimum absolute atomic E-state index is 0.0179. The molecule has 0 spiro atoms. The lowest BCUT2D eigenvalue weighted by molar-refractivity contribution is -0.0498. The van der Waals surface area contributed by atoms with Crippen LogP contribution >= 0.6 is 23.2 Å². The van der Waals surface area contributed by atoms with Gasteiger partial charge in [-0.05, 0) is 0 Å². The average molecular weight is 238 g/mol. The molecular weight excluding hydrogens is 235 g/mol. The van der Waals surface area contributed by atoms with E-state index in [2.05, 4.69) is 4.74 Å². The van der Waals surface area contributed by atoms with Gasteiger partial charge < -0.3 is 4.74 Å². The van der Waals surface area contributed by atoms with Gasteiger partial charge in [-0.15, -0.1) is 0 Å². The summed E-state index contributed by atoms with van der Waals surface area (Å²) in [6.07, 6.45) is 0. The molecule has 0 fully saturated rings. The van der Waals surface area contributed by atoms with E-state index < -0.39 is 6.61 Å². The molecule has 0 aliphatic heterocycles. The first kappa shape index (κ1) is 11.0. The van der Waals surface area contributed by atoms with Crippen molar-refractivity contribution in [2.45, 2.75) is 6.61 Å². The van der Waals surface area contributed by atoms with Crippen LogP contribution in [0.1, 0.15) is 5.56 Å². The van der Waals surface area contributed by atoms with Gasteiger partial charge in [-0.1, -0.05) is 23.2 Å².